The number of hydrogen-bond donors (Lipinski definition) is 2. The van der Waals surface area contributed by atoms with Crippen LogP contribution in [0.3, 0.4) is 0 Å². The highest BCUT2D eigenvalue weighted by atomic mass is 16.2. The van der Waals surface area contributed by atoms with Crippen molar-refractivity contribution < 1.29 is 19.2 Å². The highest BCUT2D eigenvalue weighted by Gasteiger charge is 2.69. The molecule has 3 rings (SSSR count). The number of piperidine rings is 1. The number of nitrogens with one attached hydrogen (secondary N) is 2. The summed E-state index contributed by atoms with van der Waals surface area (Å²) in [6, 6.07) is -1.38. The zero-order chi connectivity index (χ0) is 24.0. The molecule has 0 aromatic heterocycles. The molecule has 32 heavy (non-hydrogen) atoms. The average molecular weight is 446 g/mol. The van der Waals surface area contributed by atoms with E-state index in [1.165, 1.54) is 11.8 Å². The molecule has 3 amide bonds. The molecule has 1 aliphatic carbocycles. The molecule has 0 spiro atoms. The number of fused-ring (bicyclic) bond motifs is 1. The Kier molecular flexibility index (Phi) is 6.29. The van der Waals surface area contributed by atoms with Gasteiger partial charge in [0, 0.05) is 26.6 Å². The maximum absolute atomic E-state index is 13.5. The fourth-order valence-electron chi connectivity index (χ4n) is 5.41. The summed E-state index contributed by atoms with van der Waals surface area (Å²) in [6.45, 7) is 12.3. The molecule has 5 atom stereocenters. The van der Waals surface area contributed by atoms with Crippen LogP contribution in [0.4, 0.5) is 0 Å². The summed E-state index contributed by atoms with van der Waals surface area (Å²) in [4.78, 5) is 53.6. The lowest BCUT2D eigenvalue weighted by Crippen LogP contribution is -2.58. The Labute approximate surface area is 189 Å². The SMILES string of the molecule is CC(=O)N[C@H](C(=O)N1C[C@H]2[C@@H]([C@H]1C(=O)CN(C#N)C[C@@H]1CCNC1=O)C2(C)C)C(C)(C)C. The van der Waals surface area contributed by atoms with Gasteiger partial charge in [-0.25, -0.2) is 0 Å². The quantitative estimate of drug-likeness (QED) is 0.435. The summed E-state index contributed by atoms with van der Waals surface area (Å²) in [5, 5.41) is 15.1. The fraction of sp³-hybridized carbons (Fsp3) is 0.783. The van der Waals surface area contributed by atoms with Crippen LogP contribution >= 0.6 is 0 Å². The van der Waals surface area contributed by atoms with Crippen LogP contribution in [0.25, 0.3) is 0 Å². The first-order chi connectivity index (χ1) is 14.8. The number of nitriles is 1. The number of ketones is 1. The van der Waals surface area contributed by atoms with Crippen molar-refractivity contribution in [2.75, 3.05) is 26.2 Å². The number of amides is 3. The number of carbonyl (C=O) groups excluding carboxylic acids is 4. The van der Waals surface area contributed by atoms with Gasteiger partial charge in [-0.2, -0.15) is 5.26 Å². The van der Waals surface area contributed by atoms with Gasteiger partial charge in [0.15, 0.2) is 12.0 Å². The topological polar surface area (TPSA) is 123 Å². The van der Waals surface area contributed by atoms with E-state index in [1.807, 2.05) is 27.0 Å². The highest BCUT2D eigenvalue weighted by Crippen LogP contribution is 2.65. The van der Waals surface area contributed by atoms with E-state index in [0.29, 0.717) is 19.5 Å². The third-order valence-corrected chi connectivity index (χ3v) is 7.37. The molecule has 1 saturated carbocycles. The molecule has 2 aliphatic heterocycles. The second kappa shape index (κ2) is 8.38. The van der Waals surface area contributed by atoms with Gasteiger partial charge < -0.3 is 20.4 Å². The van der Waals surface area contributed by atoms with E-state index in [-0.39, 0.29) is 59.8 Å². The number of Topliss-reactive ketones (excluding diaryl/α,β-unsaturated/α-hetero) is 1. The first-order valence-corrected chi connectivity index (χ1v) is 11.3. The van der Waals surface area contributed by atoms with Gasteiger partial charge in [0.2, 0.25) is 17.7 Å². The zero-order valence-corrected chi connectivity index (χ0v) is 19.9. The lowest BCUT2D eigenvalue weighted by Gasteiger charge is -2.37. The van der Waals surface area contributed by atoms with Crippen molar-refractivity contribution in [3.05, 3.63) is 0 Å². The number of nitrogens with zero attached hydrogens (tertiary/aromatic N) is 3. The molecule has 2 saturated heterocycles. The third-order valence-electron chi connectivity index (χ3n) is 7.37. The van der Waals surface area contributed by atoms with Crippen LogP contribution in [0.1, 0.15) is 48.0 Å². The summed E-state index contributed by atoms with van der Waals surface area (Å²) in [5.74, 6) is -0.890. The molecule has 0 bridgehead atoms. The molecule has 9 nitrogen and oxygen atoms in total. The summed E-state index contributed by atoms with van der Waals surface area (Å²) >= 11 is 0. The molecule has 3 aliphatic rings. The summed E-state index contributed by atoms with van der Waals surface area (Å²) < 4.78 is 0. The maximum Gasteiger partial charge on any atom is 0.246 e. The van der Waals surface area contributed by atoms with Crippen molar-refractivity contribution >= 4 is 23.5 Å². The molecule has 2 N–H and O–H groups in total. The van der Waals surface area contributed by atoms with Crippen LogP contribution in [0, 0.1) is 40.0 Å². The van der Waals surface area contributed by atoms with Gasteiger partial charge >= 0.3 is 0 Å². The second-order valence-corrected chi connectivity index (χ2v) is 11.1. The van der Waals surface area contributed by atoms with Crippen LogP contribution in [0.2, 0.25) is 0 Å². The van der Waals surface area contributed by atoms with Gasteiger partial charge in [-0.05, 0) is 29.1 Å². The van der Waals surface area contributed by atoms with Crippen LogP contribution in [-0.2, 0) is 19.2 Å². The number of likely N-dealkylation sites (tertiary alicyclic amines) is 1. The molecular weight excluding hydrogens is 410 g/mol. The van der Waals surface area contributed by atoms with E-state index in [4.69, 9.17) is 0 Å². The monoisotopic (exact) mass is 445 g/mol. The highest BCUT2D eigenvalue weighted by molar-refractivity contribution is 5.95. The minimum Gasteiger partial charge on any atom is -0.356 e. The van der Waals surface area contributed by atoms with Gasteiger partial charge in [0.05, 0.1) is 18.5 Å². The molecule has 9 heteroatoms. The predicted octanol–water partition coefficient (Wildman–Crippen LogP) is 0.508. The van der Waals surface area contributed by atoms with Crippen molar-refractivity contribution in [2.24, 2.45) is 28.6 Å². The van der Waals surface area contributed by atoms with E-state index in [0.717, 1.165) is 0 Å². The van der Waals surface area contributed by atoms with Crippen LogP contribution in [-0.4, -0.2) is 71.6 Å². The van der Waals surface area contributed by atoms with Crippen LogP contribution in [0.5, 0.6) is 0 Å². The Hall–Kier alpha value is -2.63. The predicted molar refractivity (Wildman–Crippen MR) is 117 cm³/mol. The molecule has 0 aromatic carbocycles. The van der Waals surface area contributed by atoms with Gasteiger partial charge in [-0.15, -0.1) is 0 Å². The third kappa shape index (κ3) is 4.45. The van der Waals surface area contributed by atoms with Crippen molar-refractivity contribution in [3.63, 3.8) is 0 Å². The molecule has 3 fully saturated rings. The molecular formula is C23H35N5O4. The fourth-order valence-corrected chi connectivity index (χ4v) is 5.41. The van der Waals surface area contributed by atoms with Gasteiger partial charge in [-0.3, -0.25) is 19.2 Å². The minimum atomic E-state index is -0.745. The van der Waals surface area contributed by atoms with E-state index < -0.39 is 17.5 Å². The van der Waals surface area contributed by atoms with Crippen molar-refractivity contribution in [2.45, 2.75) is 60.0 Å². The summed E-state index contributed by atoms with van der Waals surface area (Å²) in [5.41, 5.74) is -0.571. The Morgan fingerprint density at radius 2 is 2.00 bits per heavy atom. The Morgan fingerprint density at radius 3 is 2.50 bits per heavy atom. The van der Waals surface area contributed by atoms with E-state index in [2.05, 4.69) is 24.5 Å². The zero-order valence-electron chi connectivity index (χ0n) is 19.9. The van der Waals surface area contributed by atoms with Gasteiger partial charge in [-0.1, -0.05) is 34.6 Å². The largest absolute Gasteiger partial charge is 0.356 e. The summed E-state index contributed by atoms with van der Waals surface area (Å²) in [6.07, 6.45) is 2.68. The van der Waals surface area contributed by atoms with Crippen LogP contribution in [0.15, 0.2) is 0 Å². The summed E-state index contributed by atoms with van der Waals surface area (Å²) in [7, 11) is 0. The Morgan fingerprint density at radius 1 is 1.34 bits per heavy atom. The number of rotatable bonds is 7. The molecule has 176 valence electrons. The van der Waals surface area contributed by atoms with Crippen molar-refractivity contribution in [1.29, 1.82) is 5.26 Å². The molecule has 0 unspecified atom stereocenters. The maximum atomic E-state index is 13.5. The van der Waals surface area contributed by atoms with Gasteiger partial charge in [0.1, 0.15) is 6.04 Å². The number of hydrogen-bond acceptors (Lipinski definition) is 6. The van der Waals surface area contributed by atoms with Crippen LogP contribution < -0.4 is 10.6 Å². The van der Waals surface area contributed by atoms with Gasteiger partial charge in [0.25, 0.3) is 0 Å². The van der Waals surface area contributed by atoms with E-state index in [1.54, 1.807) is 4.90 Å². The number of carbonyl (C=O) groups is 4. The Balaban J connectivity index is 1.78. The van der Waals surface area contributed by atoms with E-state index >= 15 is 0 Å². The lowest BCUT2D eigenvalue weighted by atomic mass is 9.85. The molecule has 2 heterocycles. The molecule has 0 aromatic rings. The first kappa shape index (κ1) is 24.0. The lowest BCUT2D eigenvalue weighted by molar-refractivity contribution is -0.145. The van der Waals surface area contributed by atoms with Crippen molar-refractivity contribution in [1.82, 2.24) is 20.4 Å². The molecule has 0 radical (unpaired) electrons. The standard InChI is InChI=1S/C23H35N5O4/c1-13(29)26-19(22(2,3)4)21(32)28-10-15-17(23(15,5)6)18(28)16(30)11-27(12-24)9-14-7-8-25-20(14)31/h14-15,17-19H,7-11H2,1-6H3,(H,25,31)(H,26,29)/t14-,15-,17-,18+,19+/m0/s1. The van der Waals surface area contributed by atoms with Crippen molar-refractivity contribution in [3.8, 4) is 6.19 Å². The smallest absolute Gasteiger partial charge is 0.246 e. The second-order valence-electron chi connectivity index (χ2n) is 11.1. The first-order valence-electron chi connectivity index (χ1n) is 11.3. The average Bonchev–Trinajstić information content (AvgIpc) is 3.05. The Bertz CT molecular complexity index is 855. The minimum absolute atomic E-state index is 0.0345. The normalized spacial score (nSPS) is 28.9. The van der Waals surface area contributed by atoms with E-state index in [9.17, 15) is 24.4 Å².